The first-order chi connectivity index (χ1) is 12.1. The molecule has 0 saturated carbocycles. The first-order valence-corrected chi connectivity index (χ1v) is 9.79. The van der Waals surface area contributed by atoms with Gasteiger partial charge in [-0.1, -0.05) is 31.6 Å². The van der Waals surface area contributed by atoms with Gasteiger partial charge in [-0.05, 0) is 52.5 Å². The third-order valence-electron chi connectivity index (χ3n) is 4.56. The zero-order chi connectivity index (χ0) is 19.8. The van der Waals surface area contributed by atoms with E-state index in [0.29, 0.717) is 13.2 Å². The van der Waals surface area contributed by atoms with Crippen LogP contribution in [0.15, 0.2) is 23.8 Å². The second kappa shape index (κ2) is 10.6. The number of nitrogens with two attached hydrogens (primary N) is 2. The van der Waals surface area contributed by atoms with Crippen molar-refractivity contribution in [2.24, 2.45) is 17.4 Å². The first kappa shape index (κ1) is 23.3. The molecule has 4 N–H and O–H groups in total. The third-order valence-corrected chi connectivity index (χ3v) is 4.56. The van der Waals surface area contributed by atoms with E-state index in [1.165, 1.54) is 5.57 Å². The van der Waals surface area contributed by atoms with Crippen LogP contribution in [-0.4, -0.2) is 43.8 Å². The Morgan fingerprint density at radius 3 is 2.35 bits per heavy atom. The van der Waals surface area contributed by atoms with Crippen LogP contribution in [0.1, 0.15) is 60.3 Å². The molecule has 5 heteroatoms. The van der Waals surface area contributed by atoms with Crippen LogP contribution in [-0.2, 0) is 14.2 Å². The minimum atomic E-state index is -0.325. The minimum absolute atomic E-state index is 0.0327. The van der Waals surface area contributed by atoms with E-state index < -0.39 is 0 Å². The molecule has 0 bridgehead atoms. The predicted molar refractivity (Wildman–Crippen MR) is 108 cm³/mol. The summed E-state index contributed by atoms with van der Waals surface area (Å²) in [4.78, 5) is 0. The highest BCUT2D eigenvalue weighted by Gasteiger charge is 2.32. The Kier molecular flexibility index (Phi) is 9.48. The summed E-state index contributed by atoms with van der Waals surface area (Å²) in [5.74, 6) is 0.212. The second-order valence-corrected chi connectivity index (χ2v) is 8.62. The van der Waals surface area contributed by atoms with Gasteiger partial charge in [0.05, 0.1) is 19.3 Å². The van der Waals surface area contributed by atoms with E-state index >= 15 is 0 Å². The minimum Gasteiger partial charge on any atom is -0.382 e. The summed E-state index contributed by atoms with van der Waals surface area (Å²) in [6, 6.07) is 0. The highest BCUT2D eigenvalue weighted by molar-refractivity contribution is 5.30. The lowest BCUT2D eigenvalue weighted by Gasteiger charge is -2.37. The molecule has 0 aromatic heterocycles. The van der Waals surface area contributed by atoms with Crippen LogP contribution >= 0.6 is 0 Å². The van der Waals surface area contributed by atoms with Gasteiger partial charge in [-0.15, -0.1) is 0 Å². The Bertz CT molecular complexity index is 461. The fourth-order valence-corrected chi connectivity index (χ4v) is 3.20. The van der Waals surface area contributed by atoms with Crippen LogP contribution in [0.5, 0.6) is 0 Å². The normalized spacial score (nSPS) is 20.8. The second-order valence-electron chi connectivity index (χ2n) is 8.62. The van der Waals surface area contributed by atoms with Crippen molar-refractivity contribution >= 4 is 0 Å². The van der Waals surface area contributed by atoms with E-state index in [4.69, 9.17) is 25.7 Å². The molecular formula is C21H40N2O3. The van der Waals surface area contributed by atoms with E-state index in [0.717, 1.165) is 25.7 Å². The van der Waals surface area contributed by atoms with Gasteiger partial charge in [-0.3, -0.25) is 0 Å². The molecule has 152 valence electrons. The molecular weight excluding hydrogens is 328 g/mol. The van der Waals surface area contributed by atoms with E-state index in [1.54, 1.807) is 7.11 Å². The van der Waals surface area contributed by atoms with Gasteiger partial charge in [0, 0.05) is 24.1 Å². The number of hydrogen-bond donors (Lipinski definition) is 2. The Hall–Kier alpha value is -0.720. The number of rotatable bonds is 12. The quantitative estimate of drug-likeness (QED) is 0.407. The van der Waals surface area contributed by atoms with Gasteiger partial charge in [0.2, 0.25) is 0 Å². The molecule has 3 atom stereocenters. The van der Waals surface area contributed by atoms with Crippen LogP contribution < -0.4 is 11.5 Å². The highest BCUT2D eigenvalue weighted by atomic mass is 16.7. The predicted octanol–water partition coefficient (Wildman–Crippen LogP) is 3.53. The van der Waals surface area contributed by atoms with Crippen molar-refractivity contribution in [3.63, 3.8) is 0 Å². The summed E-state index contributed by atoms with van der Waals surface area (Å²) < 4.78 is 17.0. The Labute approximate surface area is 160 Å². The molecule has 0 aromatic carbocycles. The molecule has 1 aliphatic rings. The molecule has 0 fully saturated rings. The van der Waals surface area contributed by atoms with Crippen LogP contribution in [0.3, 0.4) is 0 Å². The number of methoxy groups -OCH3 is 1. The summed E-state index contributed by atoms with van der Waals surface area (Å²) >= 11 is 0. The Morgan fingerprint density at radius 2 is 1.88 bits per heavy atom. The van der Waals surface area contributed by atoms with Gasteiger partial charge in [-0.2, -0.15) is 0 Å². The molecule has 1 aliphatic carbocycles. The van der Waals surface area contributed by atoms with Crippen molar-refractivity contribution in [3.05, 3.63) is 23.8 Å². The van der Waals surface area contributed by atoms with Gasteiger partial charge in [0.1, 0.15) is 0 Å². The molecule has 0 heterocycles. The lowest BCUT2D eigenvalue weighted by atomic mass is 9.74. The first-order valence-electron chi connectivity index (χ1n) is 9.79. The Balaban J connectivity index is 2.68. The third kappa shape index (κ3) is 8.78. The van der Waals surface area contributed by atoms with Crippen molar-refractivity contribution in [3.8, 4) is 0 Å². The lowest BCUT2D eigenvalue weighted by molar-refractivity contribution is -0.168. The van der Waals surface area contributed by atoms with Crippen molar-refractivity contribution in [1.82, 2.24) is 0 Å². The summed E-state index contributed by atoms with van der Waals surface area (Å²) in [6.45, 7) is 11.5. The molecule has 0 aliphatic heterocycles. The van der Waals surface area contributed by atoms with Gasteiger partial charge in [-0.25, -0.2) is 0 Å². The highest BCUT2D eigenvalue weighted by Crippen LogP contribution is 2.33. The Morgan fingerprint density at radius 1 is 1.19 bits per heavy atom. The number of hydrogen-bond acceptors (Lipinski definition) is 5. The number of ether oxygens (including phenoxy) is 3. The van der Waals surface area contributed by atoms with E-state index in [2.05, 4.69) is 52.8 Å². The van der Waals surface area contributed by atoms with Crippen molar-refractivity contribution < 1.29 is 14.2 Å². The average molecular weight is 369 g/mol. The molecule has 1 rings (SSSR count). The van der Waals surface area contributed by atoms with E-state index in [1.807, 2.05) is 0 Å². The fraction of sp³-hybridized carbons (Fsp3) is 0.810. The molecule has 0 saturated heterocycles. The maximum atomic E-state index is 6.45. The zero-order valence-electron chi connectivity index (χ0n) is 17.6. The van der Waals surface area contributed by atoms with E-state index in [-0.39, 0.29) is 29.4 Å². The van der Waals surface area contributed by atoms with Gasteiger partial charge < -0.3 is 25.7 Å². The van der Waals surface area contributed by atoms with E-state index in [9.17, 15) is 0 Å². The monoisotopic (exact) mass is 368 g/mol. The summed E-state index contributed by atoms with van der Waals surface area (Å²) in [6.07, 6.45) is 9.93. The molecule has 0 spiro atoms. The molecule has 26 heavy (non-hydrogen) atoms. The largest absolute Gasteiger partial charge is 0.382 e. The summed E-state index contributed by atoms with van der Waals surface area (Å²) in [5.41, 5.74) is 13.4. The molecule has 0 radical (unpaired) electrons. The van der Waals surface area contributed by atoms with Gasteiger partial charge in [0.15, 0.2) is 6.29 Å². The maximum Gasteiger partial charge on any atom is 0.158 e. The van der Waals surface area contributed by atoms with Crippen LogP contribution in [0.2, 0.25) is 0 Å². The molecule has 0 aromatic rings. The van der Waals surface area contributed by atoms with Gasteiger partial charge in [0.25, 0.3) is 0 Å². The smallest absolute Gasteiger partial charge is 0.158 e. The fourth-order valence-electron chi connectivity index (χ4n) is 3.20. The van der Waals surface area contributed by atoms with Crippen molar-refractivity contribution in [2.75, 3.05) is 20.3 Å². The summed E-state index contributed by atoms with van der Waals surface area (Å²) in [7, 11) is 1.67. The summed E-state index contributed by atoms with van der Waals surface area (Å²) in [5, 5.41) is 0. The zero-order valence-corrected chi connectivity index (χ0v) is 17.6. The standard InChI is InChI=1S/C21H40N2O3/c1-7-8-19(25-14-13-24-6)26-17-11-9-16(10-12-17)18(21(4,5)23)15-20(2,3)22/h9-11,17-19H,7-8,12-15,22-23H2,1-6H3. The van der Waals surface area contributed by atoms with Crippen molar-refractivity contribution in [2.45, 2.75) is 83.8 Å². The SMILES string of the molecule is CCCC(OCCOC)OC1C=CC(C(CC(C)(C)N)C(C)(C)N)=CC1. The average Bonchev–Trinajstić information content (AvgIpc) is 2.52. The number of allylic oxidation sites excluding steroid dienone is 1. The van der Waals surface area contributed by atoms with Crippen LogP contribution in [0.25, 0.3) is 0 Å². The molecule has 5 nitrogen and oxygen atoms in total. The van der Waals surface area contributed by atoms with Crippen LogP contribution in [0, 0.1) is 5.92 Å². The van der Waals surface area contributed by atoms with Crippen molar-refractivity contribution in [1.29, 1.82) is 0 Å². The molecule has 0 amide bonds. The van der Waals surface area contributed by atoms with Gasteiger partial charge >= 0.3 is 0 Å². The maximum absolute atomic E-state index is 6.45. The van der Waals surface area contributed by atoms with Crippen LogP contribution in [0.4, 0.5) is 0 Å². The molecule has 3 unspecified atom stereocenters. The lowest BCUT2D eigenvalue weighted by Crippen LogP contribution is -2.47. The topological polar surface area (TPSA) is 79.7 Å².